The summed E-state index contributed by atoms with van der Waals surface area (Å²) in [4.78, 5) is 4.59. The van der Waals surface area contributed by atoms with Gasteiger partial charge in [0, 0.05) is 11.8 Å². The van der Waals surface area contributed by atoms with Crippen molar-refractivity contribution < 1.29 is 4.39 Å². The Kier molecular flexibility index (Phi) is 3.08. The summed E-state index contributed by atoms with van der Waals surface area (Å²) in [6.07, 6.45) is 3.34. The highest BCUT2D eigenvalue weighted by atomic mass is 19.1. The molecule has 0 heterocycles. The summed E-state index contributed by atoms with van der Waals surface area (Å²) in [5.74, 6) is 0.574. The van der Waals surface area contributed by atoms with Gasteiger partial charge in [-0.1, -0.05) is 13.0 Å². The van der Waals surface area contributed by atoms with E-state index < -0.39 is 0 Å². The third-order valence-corrected chi connectivity index (χ3v) is 3.27. The molecule has 1 fully saturated rings. The van der Waals surface area contributed by atoms with Crippen LogP contribution in [0, 0.1) is 25.6 Å². The molecule has 0 amide bonds. The van der Waals surface area contributed by atoms with Gasteiger partial charge in [0.25, 0.3) is 0 Å². The number of hydrogen-bond donors (Lipinski definition) is 0. The summed E-state index contributed by atoms with van der Waals surface area (Å²) in [6.45, 7) is 6.02. The van der Waals surface area contributed by atoms with Gasteiger partial charge in [0.1, 0.15) is 5.82 Å². The molecule has 1 atom stereocenters. The molecule has 0 saturated heterocycles. The number of aryl methyl sites for hydroxylation is 2. The third kappa shape index (κ3) is 2.31. The molecule has 86 valence electrons. The highest BCUT2D eigenvalue weighted by Crippen LogP contribution is 2.28. The summed E-state index contributed by atoms with van der Waals surface area (Å²) in [5.41, 5.74) is 3.78. The van der Waals surface area contributed by atoms with Gasteiger partial charge in [-0.2, -0.15) is 0 Å². The molecular weight excluding hydrogens is 201 g/mol. The van der Waals surface area contributed by atoms with Gasteiger partial charge in [0.15, 0.2) is 0 Å². The van der Waals surface area contributed by atoms with Gasteiger partial charge in [-0.05, 0) is 50.2 Å². The van der Waals surface area contributed by atoms with Crippen molar-refractivity contribution in [1.82, 2.24) is 0 Å². The average molecular weight is 219 g/mol. The van der Waals surface area contributed by atoms with Crippen LogP contribution in [0.4, 0.5) is 10.1 Å². The first-order valence-electron chi connectivity index (χ1n) is 5.89. The number of hydrogen-bond acceptors (Lipinski definition) is 1. The van der Waals surface area contributed by atoms with E-state index in [9.17, 15) is 4.39 Å². The van der Waals surface area contributed by atoms with Crippen LogP contribution in [0.2, 0.25) is 0 Å². The summed E-state index contributed by atoms with van der Waals surface area (Å²) >= 11 is 0. The Labute approximate surface area is 96.4 Å². The van der Waals surface area contributed by atoms with Gasteiger partial charge in [-0.15, -0.1) is 0 Å². The Morgan fingerprint density at radius 3 is 2.62 bits per heavy atom. The van der Waals surface area contributed by atoms with Crippen LogP contribution >= 0.6 is 0 Å². The van der Waals surface area contributed by atoms with Crippen LogP contribution in [0.3, 0.4) is 0 Å². The molecule has 0 spiro atoms. The van der Waals surface area contributed by atoms with Gasteiger partial charge in [-0.3, -0.25) is 4.99 Å². The van der Waals surface area contributed by atoms with Crippen molar-refractivity contribution in [1.29, 1.82) is 0 Å². The molecule has 0 N–H and O–H groups in total. The molecular formula is C14H18FN. The molecule has 2 heteroatoms. The number of aliphatic imine (C=N–C) groups is 1. The fraction of sp³-hybridized carbons (Fsp3) is 0.500. The van der Waals surface area contributed by atoms with Gasteiger partial charge in [-0.25, -0.2) is 4.39 Å². The maximum atomic E-state index is 13.4. The molecule has 1 aromatic carbocycles. The van der Waals surface area contributed by atoms with E-state index in [0.29, 0.717) is 5.56 Å². The molecule has 0 aromatic heterocycles. The SMILES string of the molecule is Cc1cc(C)c(N=C2CCC(C)C2)cc1F. The lowest BCUT2D eigenvalue weighted by atomic mass is 10.1. The molecule has 0 aliphatic heterocycles. The van der Waals surface area contributed by atoms with Crippen molar-refractivity contribution in [2.75, 3.05) is 0 Å². The molecule has 1 unspecified atom stereocenters. The fourth-order valence-electron chi connectivity index (χ4n) is 2.23. The van der Waals surface area contributed by atoms with Gasteiger partial charge in [0.05, 0.1) is 5.69 Å². The third-order valence-electron chi connectivity index (χ3n) is 3.27. The minimum absolute atomic E-state index is 0.156. The lowest BCUT2D eigenvalue weighted by Gasteiger charge is -2.05. The zero-order valence-electron chi connectivity index (χ0n) is 10.2. The molecule has 1 aliphatic rings. The number of halogens is 1. The Bertz CT molecular complexity index is 435. The van der Waals surface area contributed by atoms with Crippen LogP contribution in [0.5, 0.6) is 0 Å². The van der Waals surface area contributed by atoms with Crippen molar-refractivity contribution >= 4 is 11.4 Å². The molecule has 1 saturated carbocycles. The first kappa shape index (κ1) is 11.3. The minimum atomic E-state index is -0.156. The molecule has 1 nitrogen and oxygen atoms in total. The summed E-state index contributed by atoms with van der Waals surface area (Å²) in [7, 11) is 0. The molecule has 1 aromatic rings. The van der Waals surface area contributed by atoms with Crippen LogP contribution in [0.15, 0.2) is 17.1 Å². The molecule has 16 heavy (non-hydrogen) atoms. The maximum absolute atomic E-state index is 13.4. The zero-order valence-corrected chi connectivity index (χ0v) is 10.2. The second-order valence-electron chi connectivity index (χ2n) is 4.91. The number of nitrogens with zero attached hydrogens (tertiary/aromatic N) is 1. The van der Waals surface area contributed by atoms with Crippen molar-refractivity contribution in [3.05, 3.63) is 29.1 Å². The van der Waals surface area contributed by atoms with Crippen molar-refractivity contribution in [3.63, 3.8) is 0 Å². The maximum Gasteiger partial charge on any atom is 0.128 e. The van der Waals surface area contributed by atoms with Crippen molar-refractivity contribution in [3.8, 4) is 0 Å². The topological polar surface area (TPSA) is 12.4 Å². The lowest BCUT2D eigenvalue weighted by Crippen LogP contribution is -1.92. The Morgan fingerprint density at radius 2 is 2.00 bits per heavy atom. The molecule has 0 bridgehead atoms. The Hall–Kier alpha value is -1.18. The van der Waals surface area contributed by atoms with E-state index in [1.807, 2.05) is 13.0 Å². The number of rotatable bonds is 1. The van der Waals surface area contributed by atoms with Crippen LogP contribution < -0.4 is 0 Å². The van der Waals surface area contributed by atoms with Crippen molar-refractivity contribution in [2.24, 2.45) is 10.9 Å². The predicted molar refractivity (Wildman–Crippen MR) is 66.0 cm³/mol. The van der Waals surface area contributed by atoms with E-state index in [4.69, 9.17) is 0 Å². The van der Waals surface area contributed by atoms with Crippen LogP contribution in [-0.2, 0) is 0 Å². The highest BCUT2D eigenvalue weighted by molar-refractivity contribution is 5.89. The van der Waals surface area contributed by atoms with E-state index in [0.717, 1.165) is 30.0 Å². The fourth-order valence-corrected chi connectivity index (χ4v) is 2.23. The first-order chi connectivity index (χ1) is 7.56. The second kappa shape index (κ2) is 4.36. The smallest absolute Gasteiger partial charge is 0.128 e. The average Bonchev–Trinajstić information content (AvgIpc) is 2.60. The lowest BCUT2D eigenvalue weighted by molar-refractivity contribution is 0.618. The van der Waals surface area contributed by atoms with E-state index in [1.165, 1.54) is 12.1 Å². The number of benzene rings is 1. The van der Waals surface area contributed by atoms with Crippen LogP contribution in [-0.4, -0.2) is 5.71 Å². The molecule has 1 aliphatic carbocycles. The minimum Gasteiger partial charge on any atom is -0.257 e. The van der Waals surface area contributed by atoms with Crippen molar-refractivity contribution in [2.45, 2.75) is 40.0 Å². The van der Waals surface area contributed by atoms with Gasteiger partial charge < -0.3 is 0 Å². The quantitative estimate of drug-likeness (QED) is 0.666. The summed E-state index contributed by atoms with van der Waals surface area (Å²) < 4.78 is 13.4. The second-order valence-corrected chi connectivity index (χ2v) is 4.91. The highest BCUT2D eigenvalue weighted by Gasteiger charge is 2.16. The van der Waals surface area contributed by atoms with E-state index in [1.54, 1.807) is 13.0 Å². The van der Waals surface area contributed by atoms with E-state index in [-0.39, 0.29) is 5.82 Å². The van der Waals surface area contributed by atoms with Crippen LogP contribution in [0.25, 0.3) is 0 Å². The van der Waals surface area contributed by atoms with E-state index >= 15 is 0 Å². The molecule has 0 radical (unpaired) electrons. The summed E-state index contributed by atoms with van der Waals surface area (Å²) in [5, 5.41) is 0. The Balaban J connectivity index is 2.31. The largest absolute Gasteiger partial charge is 0.257 e. The van der Waals surface area contributed by atoms with E-state index in [2.05, 4.69) is 11.9 Å². The Morgan fingerprint density at radius 1 is 1.25 bits per heavy atom. The standard InChI is InChI=1S/C14H18FN/c1-9-4-5-12(6-9)16-14-8-13(15)10(2)7-11(14)3/h7-9H,4-6H2,1-3H3. The van der Waals surface area contributed by atoms with Gasteiger partial charge in [0.2, 0.25) is 0 Å². The normalized spacial score (nSPS) is 23.0. The zero-order chi connectivity index (χ0) is 11.7. The summed E-state index contributed by atoms with van der Waals surface area (Å²) in [6, 6.07) is 3.42. The van der Waals surface area contributed by atoms with Gasteiger partial charge >= 0.3 is 0 Å². The molecule has 2 rings (SSSR count). The monoisotopic (exact) mass is 219 g/mol. The predicted octanol–water partition coefficient (Wildman–Crippen LogP) is 4.34. The first-order valence-corrected chi connectivity index (χ1v) is 5.89. The van der Waals surface area contributed by atoms with Crippen LogP contribution in [0.1, 0.15) is 37.3 Å².